The predicted octanol–water partition coefficient (Wildman–Crippen LogP) is 2.54. The first-order valence-corrected chi connectivity index (χ1v) is 8.91. The molecule has 1 atom stereocenters. The highest BCUT2D eigenvalue weighted by molar-refractivity contribution is 7.59. The maximum atomic E-state index is 11.5. The van der Waals surface area contributed by atoms with E-state index < -0.39 is 5.60 Å². The number of hydrogen-bond acceptors (Lipinski definition) is 6. The standard InChI is InChI=1S/C20H22N4O3.H2S/c1-13(25)6-14-7-15-16(11-24(2)18(15)9-22-14)17-8-21-10-19(23-17)20(26-3)4-5-27-12-20;/h7-11H,4-6,12H2,1-3H3;1H2/t20-;/m1./s1. The van der Waals surface area contributed by atoms with Crippen molar-refractivity contribution in [3.05, 3.63) is 42.2 Å². The molecule has 0 bridgehead atoms. The molecule has 1 aliphatic rings. The van der Waals surface area contributed by atoms with Crippen LogP contribution in [0.25, 0.3) is 22.2 Å². The van der Waals surface area contributed by atoms with Crippen LogP contribution in [0, 0.1) is 0 Å². The van der Waals surface area contributed by atoms with Crippen molar-refractivity contribution in [3.8, 4) is 11.3 Å². The Balaban J connectivity index is 0.00000225. The molecule has 3 aromatic heterocycles. The Bertz CT molecular complexity index is 1010. The zero-order valence-corrected chi connectivity index (χ0v) is 17.2. The third-order valence-corrected chi connectivity index (χ3v) is 5.12. The molecule has 0 radical (unpaired) electrons. The maximum Gasteiger partial charge on any atom is 0.136 e. The Kier molecular flexibility index (Phi) is 5.83. The summed E-state index contributed by atoms with van der Waals surface area (Å²) in [7, 11) is 3.65. The molecule has 8 heteroatoms. The fourth-order valence-corrected chi connectivity index (χ4v) is 3.61. The van der Waals surface area contributed by atoms with E-state index in [0.717, 1.165) is 40.0 Å². The van der Waals surface area contributed by atoms with Gasteiger partial charge in [-0.15, -0.1) is 0 Å². The van der Waals surface area contributed by atoms with E-state index in [1.54, 1.807) is 32.6 Å². The summed E-state index contributed by atoms with van der Waals surface area (Å²) in [6.45, 7) is 2.69. The molecular formula is C20H24N4O3S. The molecule has 148 valence electrons. The molecule has 0 aliphatic carbocycles. The molecule has 1 aliphatic heterocycles. The monoisotopic (exact) mass is 400 g/mol. The number of pyridine rings is 1. The van der Waals surface area contributed by atoms with Crippen LogP contribution in [0.3, 0.4) is 0 Å². The number of nitrogens with zero attached hydrogens (tertiary/aromatic N) is 4. The van der Waals surface area contributed by atoms with Gasteiger partial charge in [0.2, 0.25) is 0 Å². The molecule has 1 fully saturated rings. The van der Waals surface area contributed by atoms with Crippen LogP contribution in [0.1, 0.15) is 24.7 Å². The van der Waals surface area contributed by atoms with Crippen LogP contribution in [-0.2, 0) is 33.3 Å². The number of ketones is 1. The Morgan fingerprint density at radius 2 is 2.18 bits per heavy atom. The van der Waals surface area contributed by atoms with Crippen LogP contribution in [0.15, 0.2) is 30.9 Å². The Labute approximate surface area is 170 Å². The molecular weight excluding hydrogens is 376 g/mol. The van der Waals surface area contributed by atoms with Crippen molar-refractivity contribution in [2.45, 2.75) is 25.4 Å². The fourth-order valence-electron chi connectivity index (χ4n) is 3.61. The molecule has 4 heterocycles. The number of fused-ring (bicyclic) bond motifs is 1. The van der Waals surface area contributed by atoms with Gasteiger partial charge in [0.05, 0.1) is 42.1 Å². The molecule has 0 unspecified atom stereocenters. The number of methoxy groups -OCH3 is 1. The van der Waals surface area contributed by atoms with Gasteiger partial charge in [-0.1, -0.05) is 0 Å². The van der Waals surface area contributed by atoms with Gasteiger partial charge in [-0.2, -0.15) is 13.5 Å². The van der Waals surface area contributed by atoms with Crippen molar-refractivity contribution in [2.75, 3.05) is 20.3 Å². The summed E-state index contributed by atoms with van der Waals surface area (Å²) in [5, 5.41) is 1.00. The van der Waals surface area contributed by atoms with Crippen LogP contribution < -0.4 is 0 Å². The molecule has 3 aromatic rings. The Hall–Kier alpha value is -2.29. The van der Waals surface area contributed by atoms with Gasteiger partial charge in [-0.05, 0) is 13.0 Å². The summed E-state index contributed by atoms with van der Waals surface area (Å²) >= 11 is 0. The zero-order chi connectivity index (χ0) is 19.0. The predicted molar refractivity (Wildman–Crippen MR) is 111 cm³/mol. The molecule has 4 rings (SSSR count). The minimum absolute atomic E-state index is 0. The van der Waals surface area contributed by atoms with Crippen molar-refractivity contribution in [1.82, 2.24) is 19.5 Å². The van der Waals surface area contributed by atoms with E-state index in [1.165, 1.54) is 0 Å². The molecule has 0 aromatic carbocycles. The number of aryl methyl sites for hydroxylation is 1. The molecule has 0 amide bonds. The van der Waals surface area contributed by atoms with Crippen LogP contribution in [0.4, 0.5) is 0 Å². The normalized spacial score (nSPS) is 19.0. The van der Waals surface area contributed by atoms with Crippen LogP contribution in [0.5, 0.6) is 0 Å². The second-order valence-electron chi connectivity index (χ2n) is 7.02. The van der Waals surface area contributed by atoms with E-state index in [0.29, 0.717) is 19.6 Å². The Morgan fingerprint density at radius 3 is 2.86 bits per heavy atom. The minimum atomic E-state index is -0.547. The molecule has 7 nitrogen and oxygen atoms in total. The lowest BCUT2D eigenvalue weighted by atomic mass is 9.98. The topological polar surface area (TPSA) is 79.1 Å². The van der Waals surface area contributed by atoms with E-state index in [2.05, 4.69) is 9.97 Å². The number of Topliss-reactive ketones (excluding diaryl/α,β-unsaturated/α-hetero) is 1. The van der Waals surface area contributed by atoms with Crippen molar-refractivity contribution >= 4 is 30.2 Å². The van der Waals surface area contributed by atoms with Crippen molar-refractivity contribution in [3.63, 3.8) is 0 Å². The largest absolute Gasteiger partial charge is 0.378 e. The molecule has 28 heavy (non-hydrogen) atoms. The SMILES string of the molecule is CO[C@]1(c2cncc(-c3cn(C)c4cnc(CC(C)=O)cc34)n2)CCOC1.S. The average molecular weight is 401 g/mol. The number of ether oxygens (including phenoxy) is 2. The average Bonchev–Trinajstić information content (AvgIpc) is 3.27. The number of aromatic nitrogens is 4. The van der Waals surface area contributed by atoms with E-state index >= 15 is 0 Å². The van der Waals surface area contributed by atoms with Gasteiger partial charge in [0, 0.05) is 56.4 Å². The van der Waals surface area contributed by atoms with E-state index in [1.807, 2.05) is 23.9 Å². The molecule has 0 saturated carbocycles. The van der Waals surface area contributed by atoms with Gasteiger partial charge >= 0.3 is 0 Å². The summed E-state index contributed by atoms with van der Waals surface area (Å²) in [6, 6.07) is 1.96. The lowest BCUT2D eigenvalue weighted by Gasteiger charge is -2.24. The third-order valence-electron chi connectivity index (χ3n) is 5.12. The highest BCUT2D eigenvalue weighted by Gasteiger charge is 2.38. The van der Waals surface area contributed by atoms with Crippen LogP contribution >= 0.6 is 13.5 Å². The van der Waals surface area contributed by atoms with Gasteiger partial charge in [0.15, 0.2) is 0 Å². The van der Waals surface area contributed by atoms with Gasteiger partial charge in [0.25, 0.3) is 0 Å². The van der Waals surface area contributed by atoms with Gasteiger partial charge in [0.1, 0.15) is 11.4 Å². The first-order valence-electron chi connectivity index (χ1n) is 8.91. The summed E-state index contributed by atoms with van der Waals surface area (Å²) in [5.74, 6) is 0.0874. The van der Waals surface area contributed by atoms with Crippen molar-refractivity contribution < 1.29 is 14.3 Å². The van der Waals surface area contributed by atoms with E-state index in [4.69, 9.17) is 14.5 Å². The summed E-state index contributed by atoms with van der Waals surface area (Å²) < 4.78 is 13.3. The number of carbonyl (C=O) groups excluding carboxylic acids is 1. The van der Waals surface area contributed by atoms with Gasteiger partial charge in [-0.3, -0.25) is 14.8 Å². The molecule has 0 spiro atoms. The summed E-state index contributed by atoms with van der Waals surface area (Å²) in [5.41, 5.74) is 3.68. The third kappa shape index (κ3) is 3.55. The summed E-state index contributed by atoms with van der Waals surface area (Å²) in [6.07, 6.45) is 8.39. The second kappa shape index (κ2) is 7.98. The zero-order valence-electron chi connectivity index (χ0n) is 16.2. The first-order chi connectivity index (χ1) is 13.0. The first kappa shape index (κ1) is 20.4. The maximum absolute atomic E-state index is 11.5. The van der Waals surface area contributed by atoms with E-state index in [-0.39, 0.29) is 19.3 Å². The molecule has 0 N–H and O–H groups in total. The number of carbonyl (C=O) groups is 1. The second-order valence-corrected chi connectivity index (χ2v) is 7.02. The van der Waals surface area contributed by atoms with Gasteiger partial charge < -0.3 is 14.0 Å². The Morgan fingerprint density at radius 1 is 1.36 bits per heavy atom. The lowest BCUT2D eigenvalue weighted by molar-refractivity contribution is -0.116. The molecule has 1 saturated heterocycles. The van der Waals surface area contributed by atoms with Crippen molar-refractivity contribution in [2.24, 2.45) is 7.05 Å². The van der Waals surface area contributed by atoms with E-state index in [9.17, 15) is 4.79 Å². The number of rotatable bonds is 5. The van der Waals surface area contributed by atoms with Crippen LogP contribution in [0.2, 0.25) is 0 Å². The van der Waals surface area contributed by atoms with Gasteiger partial charge in [-0.25, -0.2) is 4.98 Å². The number of hydrogen-bond donors (Lipinski definition) is 0. The highest BCUT2D eigenvalue weighted by Crippen LogP contribution is 2.35. The smallest absolute Gasteiger partial charge is 0.136 e. The fraction of sp³-hybridized carbons (Fsp3) is 0.400. The quantitative estimate of drug-likeness (QED) is 0.655. The summed E-state index contributed by atoms with van der Waals surface area (Å²) in [4.78, 5) is 25.1. The minimum Gasteiger partial charge on any atom is -0.378 e. The lowest BCUT2D eigenvalue weighted by Crippen LogP contribution is -2.30. The highest BCUT2D eigenvalue weighted by atomic mass is 32.1. The van der Waals surface area contributed by atoms with Crippen LogP contribution in [-0.4, -0.2) is 45.6 Å². The van der Waals surface area contributed by atoms with Crippen molar-refractivity contribution in [1.29, 1.82) is 0 Å².